The quantitative estimate of drug-likeness (QED) is 0.414. The van der Waals surface area contributed by atoms with Crippen molar-refractivity contribution < 1.29 is 40.6 Å². The summed E-state index contributed by atoms with van der Waals surface area (Å²) in [5.41, 5.74) is -2.04. The van der Waals surface area contributed by atoms with Crippen LogP contribution in [0.25, 0.3) is 0 Å². The third kappa shape index (κ3) is 5.07. The van der Waals surface area contributed by atoms with E-state index in [2.05, 4.69) is 4.90 Å². The summed E-state index contributed by atoms with van der Waals surface area (Å²) in [6.45, 7) is -0.882. The minimum atomic E-state index is -4.87. The lowest BCUT2D eigenvalue weighted by atomic mass is 9.83. The zero-order chi connectivity index (χ0) is 27.3. The molecule has 37 heavy (non-hydrogen) atoms. The SMILES string of the molecule is CN(C)[C@H]1C[C@H]2N(C1=O)C21CCCC1c1ccc(F)cc1.OCc1cc(C(F)(F)F)cc(C(F)(F)F)c1. The fourth-order valence-electron chi connectivity index (χ4n) is 5.94. The number of carbonyl (C=O) groups excluding carboxylic acids is 1. The normalized spacial score (nSPS) is 26.9. The molecule has 3 aliphatic rings. The van der Waals surface area contributed by atoms with Crippen LogP contribution in [0.4, 0.5) is 30.7 Å². The molecule has 0 bridgehead atoms. The molecule has 202 valence electrons. The van der Waals surface area contributed by atoms with E-state index in [0.29, 0.717) is 30.0 Å². The van der Waals surface area contributed by atoms with E-state index < -0.39 is 35.6 Å². The maximum atomic E-state index is 13.1. The Labute approximate surface area is 209 Å². The number of benzene rings is 2. The largest absolute Gasteiger partial charge is 0.416 e. The van der Waals surface area contributed by atoms with Crippen LogP contribution >= 0.6 is 0 Å². The van der Waals surface area contributed by atoms with E-state index in [0.717, 1.165) is 25.7 Å². The third-order valence-electron chi connectivity index (χ3n) is 7.64. The molecule has 4 atom stereocenters. The summed E-state index contributed by atoms with van der Waals surface area (Å²) in [6.07, 6.45) is -5.42. The van der Waals surface area contributed by atoms with Crippen molar-refractivity contribution in [2.75, 3.05) is 14.1 Å². The van der Waals surface area contributed by atoms with E-state index in [1.54, 1.807) is 12.1 Å². The number of aliphatic hydroxyl groups is 1. The summed E-state index contributed by atoms with van der Waals surface area (Å²) in [7, 11) is 3.96. The van der Waals surface area contributed by atoms with Gasteiger partial charge in [0.05, 0.1) is 35.4 Å². The standard InChI is InChI=1S/C17H21FN2O.C9H6F6O/c1-19(2)14-10-15-17(20(15)16(14)21)9-3-4-13(17)11-5-7-12(18)8-6-11;10-8(11,12)6-1-5(4-16)2-7(3-6)9(13,14)15/h5-8,13-15H,3-4,9-10H2,1-2H3;1-3,16H,4H2/t13?,14-,15+,17?,20?;/m0./s1. The van der Waals surface area contributed by atoms with Crippen LogP contribution < -0.4 is 0 Å². The molecule has 5 rings (SSSR count). The minimum Gasteiger partial charge on any atom is -0.392 e. The van der Waals surface area contributed by atoms with Crippen molar-refractivity contribution in [2.45, 2.75) is 68.2 Å². The summed E-state index contributed by atoms with van der Waals surface area (Å²) in [5.74, 6) is 0.486. The van der Waals surface area contributed by atoms with Crippen molar-refractivity contribution in [1.82, 2.24) is 9.80 Å². The summed E-state index contributed by atoms with van der Waals surface area (Å²) in [4.78, 5) is 16.8. The Hall–Kier alpha value is -2.66. The second kappa shape index (κ2) is 9.58. The number of likely N-dealkylation sites (N-methyl/N-ethyl adjacent to an activating group) is 1. The van der Waals surface area contributed by atoms with Gasteiger partial charge in [0.1, 0.15) is 5.82 Å². The maximum Gasteiger partial charge on any atom is 0.416 e. The molecule has 0 aromatic heterocycles. The van der Waals surface area contributed by atoms with Gasteiger partial charge in [-0.15, -0.1) is 0 Å². The second-order valence-corrected chi connectivity index (χ2v) is 10.00. The zero-order valence-corrected chi connectivity index (χ0v) is 20.2. The second-order valence-electron chi connectivity index (χ2n) is 10.00. The lowest BCUT2D eigenvalue weighted by Crippen LogP contribution is -2.41. The predicted molar refractivity (Wildman–Crippen MR) is 121 cm³/mol. The van der Waals surface area contributed by atoms with Gasteiger partial charge in [-0.25, -0.2) is 4.39 Å². The van der Waals surface area contributed by atoms with E-state index in [4.69, 9.17) is 5.11 Å². The van der Waals surface area contributed by atoms with Crippen LogP contribution in [0.15, 0.2) is 42.5 Å². The molecule has 2 aromatic carbocycles. The Morgan fingerprint density at radius 3 is 2.00 bits per heavy atom. The molecule has 0 radical (unpaired) electrons. The van der Waals surface area contributed by atoms with Gasteiger partial charge in [-0.2, -0.15) is 26.3 Å². The molecular weight excluding hydrogens is 505 g/mol. The first-order valence-corrected chi connectivity index (χ1v) is 11.8. The van der Waals surface area contributed by atoms with Gasteiger partial charge >= 0.3 is 12.4 Å². The van der Waals surface area contributed by atoms with E-state index in [-0.39, 0.29) is 23.5 Å². The van der Waals surface area contributed by atoms with Crippen LogP contribution in [-0.2, 0) is 23.8 Å². The van der Waals surface area contributed by atoms with Crippen molar-refractivity contribution in [3.63, 3.8) is 0 Å². The molecule has 2 unspecified atom stereocenters. The number of hydrogen-bond acceptors (Lipinski definition) is 3. The molecule has 2 saturated heterocycles. The number of nitrogens with zero attached hydrogens (tertiary/aromatic N) is 2. The number of rotatable bonds is 3. The third-order valence-corrected chi connectivity index (χ3v) is 7.64. The molecule has 3 fully saturated rings. The molecule has 2 heterocycles. The summed E-state index contributed by atoms with van der Waals surface area (Å²) in [6, 6.07) is 8.30. The monoisotopic (exact) mass is 532 g/mol. The Morgan fingerprint density at radius 1 is 1.00 bits per heavy atom. The molecule has 1 N–H and O–H groups in total. The number of piperidine rings is 1. The first-order valence-electron chi connectivity index (χ1n) is 11.8. The van der Waals surface area contributed by atoms with Crippen LogP contribution in [0.3, 0.4) is 0 Å². The number of carbonyl (C=O) groups is 1. The van der Waals surface area contributed by atoms with E-state index >= 15 is 0 Å². The molecular formula is C26H27F7N2O2. The highest BCUT2D eigenvalue weighted by Gasteiger charge is 2.74. The maximum absolute atomic E-state index is 13.1. The van der Waals surface area contributed by atoms with E-state index in [1.807, 2.05) is 31.1 Å². The highest BCUT2D eigenvalue weighted by molar-refractivity contribution is 5.90. The highest BCUT2D eigenvalue weighted by atomic mass is 19.4. The average molecular weight is 533 g/mol. The summed E-state index contributed by atoms with van der Waals surface area (Å²) in [5, 5.41) is 8.58. The van der Waals surface area contributed by atoms with Crippen molar-refractivity contribution in [3.05, 3.63) is 70.5 Å². The Bertz CT molecular complexity index is 1110. The number of hydrogen-bond donors (Lipinski definition) is 1. The van der Waals surface area contributed by atoms with Gasteiger partial charge in [-0.3, -0.25) is 9.69 Å². The van der Waals surface area contributed by atoms with Crippen LogP contribution in [0, 0.1) is 5.82 Å². The zero-order valence-electron chi connectivity index (χ0n) is 20.2. The van der Waals surface area contributed by atoms with Gasteiger partial charge < -0.3 is 10.0 Å². The number of fused-ring (bicyclic) bond motifs is 3. The van der Waals surface area contributed by atoms with Crippen LogP contribution in [0.5, 0.6) is 0 Å². The Morgan fingerprint density at radius 2 is 1.57 bits per heavy atom. The summed E-state index contributed by atoms with van der Waals surface area (Å²) < 4.78 is 86.5. The molecule has 1 aliphatic carbocycles. The van der Waals surface area contributed by atoms with Gasteiger partial charge in [0.15, 0.2) is 0 Å². The minimum absolute atomic E-state index is 0.0131. The molecule has 11 heteroatoms. The van der Waals surface area contributed by atoms with Crippen LogP contribution in [-0.4, -0.2) is 52.5 Å². The fraction of sp³-hybridized carbons (Fsp3) is 0.500. The lowest BCUT2D eigenvalue weighted by Gasteiger charge is -2.27. The lowest BCUT2D eigenvalue weighted by molar-refractivity contribution is -0.143. The molecule has 1 saturated carbocycles. The van der Waals surface area contributed by atoms with Crippen LogP contribution in [0.1, 0.15) is 53.9 Å². The van der Waals surface area contributed by atoms with Gasteiger partial charge in [0.2, 0.25) is 5.91 Å². The average Bonchev–Trinajstić information content (AvgIpc) is 3.05. The van der Waals surface area contributed by atoms with Crippen molar-refractivity contribution in [1.29, 1.82) is 0 Å². The fourth-order valence-corrected chi connectivity index (χ4v) is 5.94. The van der Waals surface area contributed by atoms with E-state index in [1.165, 1.54) is 5.56 Å². The highest BCUT2D eigenvalue weighted by Crippen LogP contribution is 2.64. The van der Waals surface area contributed by atoms with Crippen molar-refractivity contribution >= 4 is 5.91 Å². The first kappa shape index (κ1) is 27.4. The van der Waals surface area contributed by atoms with Gasteiger partial charge in [0.25, 0.3) is 0 Å². The number of alkyl halides is 6. The van der Waals surface area contributed by atoms with Gasteiger partial charge in [-0.1, -0.05) is 18.6 Å². The van der Waals surface area contributed by atoms with Crippen molar-refractivity contribution in [3.8, 4) is 0 Å². The smallest absolute Gasteiger partial charge is 0.392 e. The summed E-state index contributed by atoms with van der Waals surface area (Å²) >= 11 is 0. The molecule has 1 amide bonds. The molecule has 2 aromatic rings. The molecule has 4 nitrogen and oxygen atoms in total. The van der Waals surface area contributed by atoms with Crippen LogP contribution in [0.2, 0.25) is 0 Å². The number of aliphatic hydroxyl groups excluding tert-OH is 1. The number of amides is 1. The Kier molecular flexibility index (Phi) is 7.09. The van der Waals surface area contributed by atoms with Gasteiger partial charge in [0, 0.05) is 5.92 Å². The molecule has 2 aliphatic heterocycles. The van der Waals surface area contributed by atoms with Gasteiger partial charge in [-0.05, 0) is 74.8 Å². The van der Waals surface area contributed by atoms with E-state index in [9.17, 15) is 35.5 Å². The topological polar surface area (TPSA) is 43.5 Å². The molecule has 1 spiro atoms. The number of halogens is 7. The first-order chi connectivity index (χ1) is 17.2. The Balaban J connectivity index is 0.000000181. The van der Waals surface area contributed by atoms with Crippen molar-refractivity contribution in [2.24, 2.45) is 0 Å². The predicted octanol–water partition coefficient (Wildman–Crippen LogP) is 5.59.